The first kappa shape index (κ1) is 13.7. The first-order valence-electron chi connectivity index (χ1n) is 5.07. The standard InChI is InChI=1S/C8H10ClN3O4S2/c9-8-6(12(13)14)3-7(17-8)18(15,16)11-5-1-2-10-4-5/h3,5,10-11H,1-2,4H2/t5-/m1/s1. The highest BCUT2D eigenvalue weighted by Gasteiger charge is 2.28. The summed E-state index contributed by atoms with van der Waals surface area (Å²) in [5, 5.41) is 13.6. The molecule has 100 valence electrons. The van der Waals surface area contributed by atoms with Gasteiger partial charge in [0, 0.05) is 18.7 Å². The van der Waals surface area contributed by atoms with Crippen LogP contribution < -0.4 is 10.0 Å². The molecule has 1 aliphatic heterocycles. The molecule has 0 unspecified atom stereocenters. The molecule has 1 fully saturated rings. The van der Waals surface area contributed by atoms with Crippen LogP contribution in [0.5, 0.6) is 0 Å². The van der Waals surface area contributed by atoms with E-state index < -0.39 is 14.9 Å². The Bertz CT molecular complexity index is 565. The van der Waals surface area contributed by atoms with Gasteiger partial charge in [0.25, 0.3) is 15.7 Å². The van der Waals surface area contributed by atoms with E-state index in [1.165, 1.54) is 0 Å². The van der Waals surface area contributed by atoms with Gasteiger partial charge >= 0.3 is 0 Å². The minimum Gasteiger partial charge on any atom is -0.315 e. The number of hydrogen-bond donors (Lipinski definition) is 2. The summed E-state index contributed by atoms with van der Waals surface area (Å²) in [5.74, 6) is 0. The third kappa shape index (κ3) is 2.81. The predicted octanol–water partition coefficient (Wildman–Crippen LogP) is 0.950. The molecule has 2 rings (SSSR count). The van der Waals surface area contributed by atoms with Gasteiger partial charge in [-0.15, -0.1) is 11.3 Å². The van der Waals surface area contributed by atoms with Crippen LogP contribution in [0.1, 0.15) is 6.42 Å². The quantitative estimate of drug-likeness (QED) is 0.637. The van der Waals surface area contributed by atoms with Gasteiger partial charge in [0.2, 0.25) is 0 Å². The van der Waals surface area contributed by atoms with Gasteiger partial charge in [0.1, 0.15) is 4.21 Å². The molecule has 0 amide bonds. The molecule has 1 aromatic heterocycles. The Morgan fingerprint density at radius 1 is 1.61 bits per heavy atom. The third-order valence-corrected chi connectivity index (χ3v) is 5.82. The summed E-state index contributed by atoms with van der Waals surface area (Å²) in [6, 6.07) is 0.799. The molecule has 7 nitrogen and oxygen atoms in total. The maximum atomic E-state index is 12.0. The molecule has 0 saturated carbocycles. The van der Waals surface area contributed by atoms with Gasteiger partial charge < -0.3 is 5.32 Å². The Morgan fingerprint density at radius 3 is 2.83 bits per heavy atom. The van der Waals surface area contributed by atoms with Crippen LogP contribution in [-0.2, 0) is 10.0 Å². The number of hydrogen-bond acceptors (Lipinski definition) is 6. The van der Waals surface area contributed by atoms with E-state index in [0.717, 1.165) is 12.6 Å². The lowest BCUT2D eigenvalue weighted by Gasteiger charge is -2.09. The fourth-order valence-electron chi connectivity index (χ4n) is 1.63. The second-order valence-electron chi connectivity index (χ2n) is 3.79. The molecular weight excluding hydrogens is 302 g/mol. The van der Waals surface area contributed by atoms with Crippen molar-refractivity contribution in [2.45, 2.75) is 16.7 Å². The molecule has 1 aromatic rings. The lowest BCUT2D eigenvalue weighted by Crippen LogP contribution is -2.35. The number of nitrogens with zero attached hydrogens (tertiary/aromatic N) is 1. The zero-order valence-corrected chi connectivity index (χ0v) is 11.4. The highest BCUT2D eigenvalue weighted by atomic mass is 35.5. The zero-order valence-electron chi connectivity index (χ0n) is 9.05. The Kier molecular flexibility index (Phi) is 3.87. The second kappa shape index (κ2) is 5.10. The van der Waals surface area contributed by atoms with Crippen molar-refractivity contribution < 1.29 is 13.3 Å². The fraction of sp³-hybridized carbons (Fsp3) is 0.500. The van der Waals surface area contributed by atoms with Crippen LogP contribution in [0.2, 0.25) is 4.34 Å². The summed E-state index contributed by atoms with van der Waals surface area (Å²) in [4.78, 5) is 9.91. The average Bonchev–Trinajstić information content (AvgIpc) is 2.86. The Morgan fingerprint density at radius 2 is 2.33 bits per heavy atom. The van der Waals surface area contributed by atoms with Crippen molar-refractivity contribution in [1.29, 1.82) is 0 Å². The molecule has 2 N–H and O–H groups in total. The summed E-state index contributed by atoms with van der Waals surface area (Å²) in [6.07, 6.45) is 0.695. The molecule has 0 radical (unpaired) electrons. The Balaban J connectivity index is 2.24. The molecule has 0 aromatic carbocycles. The van der Waals surface area contributed by atoms with Crippen molar-refractivity contribution in [1.82, 2.24) is 10.0 Å². The molecule has 0 bridgehead atoms. The van der Waals surface area contributed by atoms with Crippen LogP contribution in [0.3, 0.4) is 0 Å². The van der Waals surface area contributed by atoms with E-state index in [0.29, 0.717) is 24.3 Å². The van der Waals surface area contributed by atoms with E-state index in [1.54, 1.807) is 0 Å². The van der Waals surface area contributed by atoms with Crippen molar-refractivity contribution >= 4 is 38.6 Å². The van der Waals surface area contributed by atoms with Crippen molar-refractivity contribution in [3.8, 4) is 0 Å². The first-order valence-corrected chi connectivity index (χ1v) is 7.74. The van der Waals surface area contributed by atoms with Gasteiger partial charge in [-0.25, -0.2) is 13.1 Å². The van der Waals surface area contributed by atoms with E-state index in [-0.39, 0.29) is 20.3 Å². The smallest absolute Gasteiger partial charge is 0.300 e. The van der Waals surface area contributed by atoms with Gasteiger partial charge in [-0.1, -0.05) is 11.6 Å². The third-order valence-electron chi connectivity index (χ3n) is 2.49. The first-order chi connectivity index (χ1) is 8.40. The van der Waals surface area contributed by atoms with Crippen LogP contribution in [-0.4, -0.2) is 32.5 Å². The molecular formula is C8H10ClN3O4S2. The molecule has 10 heteroatoms. The minimum atomic E-state index is -3.74. The fourth-order valence-corrected chi connectivity index (χ4v) is 4.58. The highest BCUT2D eigenvalue weighted by molar-refractivity contribution is 7.91. The molecule has 1 atom stereocenters. The topological polar surface area (TPSA) is 101 Å². The number of halogens is 1. The molecule has 0 spiro atoms. The maximum Gasteiger partial charge on any atom is 0.300 e. The molecule has 2 heterocycles. The predicted molar refractivity (Wildman–Crippen MR) is 67.6 cm³/mol. The zero-order chi connectivity index (χ0) is 13.3. The summed E-state index contributed by atoms with van der Waals surface area (Å²) in [6.45, 7) is 1.30. The summed E-state index contributed by atoms with van der Waals surface area (Å²) in [5.41, 5.74) is -0.383. The highest BCUT2D eigenvalue weighted by Crippen LogP contribution is 2.36. The van der Waals surface area contributed by atoms with Crippen molar-refractivity contribution in [3.63, 3.8) is 0 Å². The van der Waals surface area contributed by atoms with E-state index >= 15 is 0 Å². The van der Waals surface area contributed by atoms with Crippen LogP contribution >= 0.6 is 22.9 Å². The maximum absolute atomic E-state index is 12.0. The summed E-state index contributed by atoms with van der Waals surface area (Å²) in [7, 11) is -3.74. The Labute approximate surface area is 112 Å². The number of rotatable bonds is 4. The van der Waals surface area contributed by atoms with Crippen molar-refractivity contribution in [2.24, 2.45) is 0 Å². The van der Waals surface area contributed by atoms with Gasteiger partial charge in [0.05, 0.1) is 4.92 Å². The molecule has 1 saturated heterocycles. The van der Waals surface area contributed by atoms with Gasteiger partial charge in [-0.05, 0) is 13.0 Å². The van der Waals surface area contributed by atoms with Gasteiger partial charge in [-0.3, -0.25) is 10.1 Å². The van der Waals surface area contributed by atoms with Gasteiger partial charge in [0.15, 0.2) is 4.34 Å². The van der Waals surface area contributed by atoms with Crippen LogP contribution in [0, 0.1) is 10.1 Å². The largest absolute Gasteiger partial charge is 0.315 e. The van der Waals surface area contributed by atoms with Crippen LogP contribution in [0.25, 0.3) is 0 Å². The molecule has 1 aliphatic rings. The summed E-state index contributed by atoms with van der Waals surface area (Å²) >= 11 is 6.32. The van der Waals surface area contributed by atoms with E-state index in [9.17, 15) is 18.5 Å². The average molecular weight is 312 g/mol. The van der Waals surface area contributed by atoms with E-state index in [4.69, 9.17) is 11.6 Å². The lowest BCUT2D eigenvalue weighted by molar-refractivity contribution is -0.384. The summed E-state index contributed by atoms with van der Waals surface area (Å²) < 4.78 is 26.2. The SMILES string of the molecule is O=[N+]([O-])c1cc(S(=O)(=O)N[C@@H]2CCNC2)sc1Cl. The number of nitro groups is 1. The monoisotopic (exact) mass is 311 g/mol. The van der Waals surface area contributed by atoms with Crippen molar-refractivity contribution in [2.75, 3.05) is 13.1 Å². The number of thiophene rings is 1. The van der Waals surface area contributed by atoms with Crippen LogP contribution in [0.4, 0.5) is 5.69 Å². The minimum absolute atomic E-state index is 0.133. The second-order valence-corrected chi connectivity index (χ2v) is 7.39. The van der Waals surface area contributed by atoms with Gasteiger partial charge in [-0.2, -0.15) is 0 Å². The lowest BCUT2D eigenvalue weighted by atomic mass is 10.3. The molecule has 0 aliphatic carbocycles. The molecule has 18 heavy (non-hydrogen) atoms. The van der Waals surface area contributed by atoms with E-state index in [1.807, 2.05) is 0 Å². The van der Waals surface area contributed by atoms with E-state index in [2.05, 4.69) is 10.0 Å². The number of nitrogens with one attached hydrogen (secondary N) is 2. The normalized spacial score (nSPS) is 20.2. The number of sulfonamides is 1. The Hall–Kier alpha value is -0.740. The van der Waals surface area contributed by atoms with Crippen LogP contribution in [0.15, 0.2) is 10.3 Å². The van der Waals surface area contributed by atoms with Crippen molar-refractivity contribution in [3.05, 3.63) is 20.5 Å².